The Morgan fingerprint density at radius 3 is 0.683 bits per heavy atom. The molecule has 1 atom stereocenters. The predicted molar refractivity (Wildman–Crippen MR) is 270 cm³/mol. The molecule has 0 spiro atoms. The van der Waals surface area contributed by atoms with Gasteiger partial charge in [0.25, 0.3) is 0 Å². The zero-order chi connectivity index (χ0) is 46.3. The SMILES string of the molecule is CC(C)CCCCCCCCCCCCCCCCCCCCC(=O)O[C@H](COC(=O)CCCCCCCCCCCCCCC(C)C)COC(=O)CCCCCCCCC(C)C. The van der Waals surface area contributed by atoms with E-state index >= 15 is 0 Å². The first-order valence-corrected chi connectivity index (χ1v) is 28.1. The van der Waals surface area contributed by atoms with Crippen LogP contribution in [0.4, 0.5) is 0 Å². The van der Waals surface area contributed by atoms with Crippen LogP contribution in [0.25, 0.3) is 0 Å². The second-order valence-corrected chi connectivity index (χ2v) is 21.0. The lowest BCUT2D eigenvalue weighted by Crippen LogP contribution is -2.30. The van der Waals surface area contributed by atoms with E-state index in [4.69, 9.17) is 14.2 Å². The molecule has 0 aliphatic carbocycles. The smallest absolute Gasteiger partial charge is 0.306 e. The molecule has 6 nitrogen and oxygen atoms in total. The van der Waals surface area contributed by atoms with Gasteiger partial charge in [-0.2, -0.15) is 0 Å². The normalized spacial score (nSPS) is 12.1. The first-order chi connectivity index (χ1) is 30.6. The summed E-state index contributed by atoms with van der Waals surface area (Å²) in [5.74, 6) is 1.60. The molecule has 0 aromatic carbocycles. The van der Waals surface area contributed by atoms with Crippen molar-refractivity contribution in [3.63, 3.8) is 0 Å². The topological polar surface area (TPSA) is 78.9 Å². The Kier molecular flexibility index (Phi) is 47.1. The van der Waals surface area contributed by atoms with Crippen LogP contribution in [0.3, 0.4) is 0 Å². The lowest BCUT2D eigenvalue weighted by atomic mass is 10.0. The van der Waals surface area contributed by atoms with Crippen LogP contribution >= 0.6 is 0 Å². The van der Waals surface area contributed by atoms with Crippen LogP contribution in [0.5, 0.6) is 0 Å². The van der Waals surface area contributed by atoms with Gasteiger partial charge >= 0.3 is 17.9 Å². The fourth-order valence-corrected chi connectivity index (χ4v) is 8.65. The van der Waals surface area contributed by atoms with Gasteiger partial charge in [-0.15, -0.1) is 0 Å². The molecule has 0 aromatic heterocycles. The molecule has 0 unspecified atom stereocenters. The molecule has 0 aromatic rings. The van der Waals surface area contributed by atoms with E-state index in [9.17, 15) is 14.4 Å². The van der Waals surface area contributed by atoms with Gasteiger partial charge < -0.3 is 14.2 Å². The number of hydrogen-bond acceptors (Lipinski definition) is 6. The maximum atomic E-state index is 12.8. The van der Waals surface area contributed by atoms with Gasteiger partial charge in [0.2, 0.25) is 0 Å². The number of ether oxygens (including phenoxy) is 3. The summed E-state index contributed by atoms with van der Waals surface area (Å²) in [6.07, 6.45) is 49.7. The molecule has 0 bridgehead atoms. The summed E-state index contributed by atoms with van der Waals surface area (Å²) < 4.78 is 16.8. The fraction of sp³-hybridized carbons (Fsp3) is 0.947. The minimum Gasteiger partial charge on any atom is -0.462 e. The van der Waals surface area contributed by atoms with Gasteiger partial charge in [0.15, 0.2) is 6.10 Å². The molecule has 0 saturated heterocycles. The van der Waals surface area contributed by atoms with Gasteiger partial charge in [0.05, 0.1) is 0 Å². The van der Waals surface area contributed by atoms with E-state index in [0.717, 1.165) is 75.5 Å². The van der Waals surface area contributed by atoms with Crippen LogP contribution in [0.1, 0.15) is 311 Å². The predicted octanol–water partition coefficient (Wildman–Crippen LogP) is 18.3. The van der Waals surface area contributed by atoms with Crippen molar-refractivity contribution < 1.29 is 28.6 Å². The molecule has 0 aliphatic rings. The molecule has 63 heavy (non-hydrogen) atoms. The monoisotopic (exact) mass is 891 g/mol. The van der Waals surface area contributed by atoms with Gasteiger partial charge in [-0.1, -0.05) is 273 Å². The third-order valence-corrected chi connectivity index (χ3v) is 12.9. The van der Waals surface area contributed by atoms with Crippen molar-refractivity contribution >= 4 is 17.9 Å². The Morgan fingerprint density at radius 2 is 0.460 bits per heavy atom. The molecule has 0 fully saturated rings. The highest BCUT2D eigenvalue weighted by Gasteiger charge is 2.19. The molecule has 0 aliphatic heterocycles. The van der Waals surface area contributed by atoms with Gasteiger partial charge in [-0.05, 0) is 37.0 Å². The van der Waals surface area contributed by atoms with E-state index in [0.29, 0.717) is 19.3 Å². The van der Waals surface area contributed by atoms with Gasteiger partial charge in [-0.3, -0.25) is 14.4 Å². The highest BCUT2D eigenvalue weighted by atomic mass is 16.6. The van der Waals surface area contributed by atoms with E-state index in [2.05, 4.69) is 41.5 Å². The molecule has 0 N–H and O–H groups in total. The number of hydrogen-bond donors (Lipinski definition) is 0. The van der Waals surface area contributed by atoms with E-state index in [1.165, 1.54) is 193 Å². The van der Waals surface area contributed by atoms with Crippen molar-refractivity contribution in [1.82, 2.24) is 0 Å². The van der Waals surface area contributed by atoms with Crippen LogP contribution in [0, 0.1) is 17.8 Å². The first-order valence-electron chi connectivity index (χ1n) is 28.1. The fourth-order valence-electron chi connectivity index (χ4n) is 8.65. The van der Waals surface area contributed by atoms with Crippen molar-refractivity contribution in [3.05, 3.63) is 0 Å². The van der Waals surface area contributed by atoms with Gasteiger partial charge in [0, 0.05) is 19.3 Å². The van der Waals surface area contributed by atoms with Crippen LogP contribution in [0.2, 0.25) is 0 Å². The lowest BCUT2D eigenvalue weighted by Gasteiger charge is -2.18. The molecule has 0 amide bonds. The van der Waals surface area contributed by atoms with E-state index in [-0.39, 0.29) is 31.1 Å². The Balaban J connectivity index is 4.21. The molecule has 0 saturated carbocycles. The Morgan fingerprint density at radius 1 is 0.270 bits per heavy atom. The maximum Gasteiger partial charge on any atom is 0.306 e. The van der Waals surface area contributed by atoms with E-state index in [1.54, 1.807) is 0 Å². The van der Waals surface area contributed by atoms with Crippen molar-refractivity contribution in [3.8, 4) is 0 Å². The summed E-state index contributed by atoms with van der Waals surface area (Å²) in [4.78, 5) is 38.0. The Labute approximate surface area is 393 Å². The second kappa shape index (κ2) is 48.3. The van der Waals surface area contributed by atoms with Crippen molar-refractivity contribution in [2.24, 2.45) is 17.8 Å². The zero-order valence-corrected chi connectivity index (χ0v) is 43.4. The van der Waals surface area contributed by atoms with E-state index < -0.39 is 6.10 Å². The number of unbranched alkanes of at least 4 members (excludes halogenated alkanes) is 33. The van der Waals surface area contributed by atoms with E-state index in [1.807, 2.05) is 0 Å². The minimum absolute atomic E-state index is 0.0647. The van der Waals surface area contributed by atoms with Crippen LogP contribution in [0.15, 0.2) is 0 Å². The molecule has 374 valence electrons. The number of carbonyl (C=O) groups excluding carboxylic acids is 3. The minimum atomic E-state index is -0.763. The lowest BCUT2D eigenvalue weighted by molar-refractivity contribution is -0.167. The van der Waals surface area contributed by atoms with Crippen molar-refractivity contribution in [2.45, 2.75) is 317 Å². The number of rotatable bonds is 50. The highest BCUT2D eigenvalue weighted by Crippen LogP contribution is 2.18. The standard InChI is InChI=1S/C57H110O6/c1-51(2)43-37-31-25-21-17-13-11-9-7-8-10-12-14-20-24-28-36-42-48-57(60)63-54(50-62-56(59)47-41-35-30-29-33-39-45-53(5)6)49-61-55(58)46-40-34-27-23-19-16-15-18-22-26-32-38-44-52(3)4/h51-54H,7-50H2,1-6H3/t54-/m1/s1. The highest BCUT2D eigenvalue weighted by molar-refractivity contribution is 5.71. The summed E-state index contributed by atoms with van der Waals surface area (Å²) in [7, 11) is 0. The zero-order valence-electron chi connectivity index (χ0n) is 43.4. The maximum absolute atomic E-state index is 12.8. The summed E-state index contributed by atoms with van der Waals surface area (Å²) in [5.41, 5.74) is 0. The van der Waals surface area contributed by atoms with Gasteiger partial charge in [0.1, 0.15) is 13.2 Å². The Hall–Kier alpha value is -1.59. The third kappa shape index (κ3) is 51.3. The van der Waals surface area contributed by atoms with Crippen molar-refractivity contribution in [1.29, 1.82) is 0 Å². The van der Waals surface area contributed by atoms with Crippen molar-refractivity contribution in [2.75, 3.05) is 13.2 Å². The first kappa shape index (κ1) is 61.4. The summed E-state index contributed by atoms with van der Waals surface area (Å²) in [5, 5.41) is 0. The molecule has 0 rings (SSSR count). The quantitative estimate of drug-likeness (QED) is 0.0344. The Bertz CT molecular complexity index is 976. The number of carbonyl (C=O) groups is 3. The van der Waals surface area contributed by atoms with Crippen LogP contribution in [-0.2, 0) is 28.6 Å². The van der Waals surface area contributed by atoms with Gasteiger partial charge in [-0.25, -0.2) is 0 Å². The largest absolute Gasteiger partial charge is 0.462 e. The van der Waals surface area contributed by atoms with Crippen LogP contribution in [-0.4, -0.2) is 37.2 Å². The molecule has 6 heteroatoms. The summed E-state index contributed by atoms with van der Waals surface area (Å²) in [6.45, 7) is 13.7. The second-order valence-electron chi connectivity index (χ2n) is 21.0. The average Bonchev–Trinajstić information content (AvgIpc) is 3.24. The molecule has 0 radical (unpaired) electrons. The third-order valence-electron chi connectivity index (χ3n) is 12.9. The van der Waals surface area contributed by atoms with Crippen LogP contribution < -0.4 is 0 Å². The molecular weight excluding hydrogens is 781 g/mol. The molecular formula is C57H110O6. The summed E-state index contributed by atoms with van der Waals surface area (Å²) in [6, 6.07) is 0. The summed E-state index contributed by atoms with van der Waals surface area (Å²) >= 11 is 0. The average molecular weight is 892 g/mol. The number of esters is 3. The molecule has 0 heterocycles.